The molecule has 5 N–H and O–H groups in total. The lowest BCUT2D eigenvalue weighted by molar-refractivity contribution is -0.138. The number of nitrogen functional groups attached to an aromatic ring is 1. The van der Waals surface area contributed by atoms with Crippen molar-refractivity contribution in [1.29, 1.82) is 0 Å². The minimum Gasteiger partial charge on any atom is -0.387 e. The summed E-state index contributed by atoms with van der Waals surface area (Å²) in [6, 6.07) is 9.35. The van der Waals surface area contributed by atoms with Gasteiger partial charge in [0.15, 0.2) is 5.65 Å². The Balaban J connectivity index is 1.44. The Morgan fingerprint density at radius 3 is 2.52 bits per heavy atom. The van der Waals surface area contributed by atoms with Crippen LogP contribution in [0.1, 0.15) is 37.3 Å². The molecule has 2 bridgehead atoms. The summed E-state index contributed by atoms with van der Waals surface area (Å²) in [6.07, 6.45) is 5.29. The lowest BCUT2D eigenvalue weighted by Gasteiger charge is -2.38. The van der Waals surface area contributed by atoms with Gasteiger partial charge in [-0.05, 0) is 43.4 Å². The molecule has 0 saturated carbocycles. The highest BCUT2D eigenvalue weighted by Crippen LogP contribution is 2.43. The van der Waals surface area contributed by atoms with Gasteiger partial charge in [-0.2, -0.15) is 9.61 Å². The number of aliphatic hydroxyl groups excluding tert-OH is 1. The molecule has 33 heavy (non-hydrogen) atoms. The number of hydrogen-bond acceptors (Lipinski definition) is 6. The zero-order valence-electron chi connectivity index (χ0n) is 18.4. The van der Waals surface area contributed by atoms with Crippen molar-refractivity contribution >= 4 is 29.1 Å². The van der Waals surface area contributed by atoms with Crippen molar-refractivity contribution in [2.24, 2.45) is 0 Å². The zero-order chi connectivity index (χ0) is 23.1. The Kier molecular flexibility index (Phi) is 5.37. The molecule has 3 aromatic rings. The molecule has 3 amide bonds. The fraction of sp³-hybridized carbons (Fsp3) is 0.391. The molecule has 2 saturated heterocycles. The van der Waals surface area contributed by atoms with Gasteiger partial charge in [-0.3, -0.25) is 4.79 Å². The van der Waals surface area contributed by atoms with Crippen LogP contribution in [0.15, 0.2) is 36.5 Å². The maximum Gasteiger partial charge on any atom is 0.318 e. The third-order valence-electron chi connectivity index (χ3n) is 6.77. The number of fused-ring (bicyclic) bond motifs is 3. The smallest absolute Gasteiger partial charge is 0.318 e. The van der Waals surface area contributed by atoms with Crippen LogP contribution in [0, 0.1) is 0 Å². The van der Waals surface area contributed by atoms with Crippen LogP contribution in [-0.4, -0.2) is 62.3 Å². The second kappa shape index (κ2) is 8.36. The Morgan fingerprint density at radius 1 is 1.18 bits per heavy atom. The predicted molar refractivity (Wildman–Crippen MR) is 124 cm³/mol. The number of aliphatic hydroxyl groups is 1. The first-order valence-corrected chi connectivity index (χ1v) is 11.1. The molecule has 2 aliphatic rings. The molecule has 172 valence electrons. The number of piperidine rings is 1. The van der Waals surface area contributed by atoms with Crippen molar-refractivity contribution in [3.05, 3.63) is 42.2 Å². The Bertz CT molecular complexity index is 1190. The lowest BCUT2D eigenvalue weighted by Crippen LogP contribution is -2.47. The highest BCUT2D eigenvalue weighted by molar-refractivity contribution is 5.89. The predicted octanol–water partition coefficient (Wildman–Crippen LogP) is 1.96. The van der Waals surface area contributed by atoms with E-state index in [0.717, 1.165) is 42.5 Å². The van der Waals surface area contributed by atoms with Crippen LogP contribution in [0.2, 0.25) is 0 Å². The number of urea groups is 1. The summed E-state index contributed by atoms with van der Waals surface area (Å²) in [5.74, 6) is 0.524. The van der Waals surface area contributed by atoms with E-state index in [-0.39, 0.29) is 29.9 Å². The number of aromatic nitrogens is 3. The number of nitrogens with two attached hydrogens (primary N) is 1. The second-order valence-corrected chi connectivity index (χ2v) is 8.69. The molecule has 0 radical (unpaired) electrons. The summed E-state index contributed by atoms with van der Waals surface area (Å²) < 4.78 is 1.63. The molecule has 2 aliphatic heterocycles. The second-order valence-electron chi connectivity index (χ2n) is 8.69. The summed E-state index contributed by atoms with van der Waals surface area (Å²) >= 11 is 0. The van der Waals surface area contributed by atoms with Crippen molar-refractivity contribution < 1.29 is 14.7 Å². The third-order valence-corrected chi connectivity index (χ3v) is 6.77. The van der Waals surface area contributed by atoms with Crippen LogP contribution in [0.3, 0.4) is 0 Å². The van der Waals surface area contributed by atoms with E-state index in [4.69, 9.17) is 10.7 Å². The Labute approximate surface area is 190 Å². The summed E-state index contributed by atoms with van der Waals surface area (Å²) in [7, 11) is 1.57. The normalized spacial score (nSPS) is 21.9. The summed E-state index contributed by atoms with van der Waals surface area (Å²) in [4.78, 5) is 30.5. The summed E-state index contributed by atoms with van der Waals surface area (Å²) in [5.41, 5.74) is 10.4. The van der Waals surface area contributed by atoms with Crippen molar-refractivity contribution in [2.75, 3.05) is 24.7 Å². The van der Waals surface area contributed by atoms with E-state index in [0.29, 0.717) is 17.2 Å². The molecule has 1 aromatic carbocycles. The van der Waals surface area contributed by atoms with Gasteiger partial charge >= 0.3 is 6.03 Å². The average molecular weight is 450 g/mol. The van der Waals surface area contributed by atoms with Crippen molar-refractivity contribution in [1.82, 2.24) is 24.8 Å². The first kappa shape index (κ1) is 21.2. The molecule has 2 aromatic heterocycles. The standard InChI is InChI=1S/C23H27N7O3/c1-25-23(33)27-15-4-2-13(3-5-15)18-11-26-30-20(24)10-19(28-22(18)30)14-8-16-6-7-17(9-14)29(16)21(32)12-31/h2-5,10-11,14,16-17,31H,6-9,12,24H2,1H3,(H2,25,27,33)/t14-,16-,17+. The van der Waals surface area contributed by atoms with E-state index in [9.17, 15) is 14.7 Å². The summed E-state index contributed by atoms with van der Waals surface area (Å²) in [5, 5.41) is 19.0. The van der Waals surface area contributed by atoms with Gasteiger partial charge in [0.2, 0.25) is 5.91 Å². The minimum absolute atomic E-state index is 0.136. The number of rotatable bonds is 4. The number of nitrogens with one attached hydrogen (secondary N) is 2. The van der Waals surface area contributed by atoms with Crippen molar-refractivity contribution in [2.45, 2.75) is 43.7 Å². The molecule has 0 spiro atoms. The van der Waals surface area contributed by atoms with Gasteiger partial charge in [0.25, 0.3) is 0 Å². The minimum atomic E-state index is -0.439. The molecule has 4 heterocycles. The highest BCUT2D eigenvalue weighted by atomic mass is 16.3. The van der Waals surface area contributed by atoms with Crippen molar-refractivity contribution in [3.63, 3.8) is 0 Å². The molecule has 10 heteroatoms. The van der Waals surface area contributed by atoms with Crippen LogP contribution < -0.4 is 16.4 Å². The van der Waals surface area contributed by atoms with Gasteiger partial charge in [0.05, 0.1) is 6.20 Å². The molecule has 3 atom stereocenters. The van der Waals surface area contributed by atoms with E-state index in [1.54, 1.807) is 17.8 Å². The number of nitrogens with zero attached hydrogens (tertiary/aromatic N) is 4. The maximum atomic E-state index is 12.2. The van der Waals surface area contributed by atoms with E-state index in [1.165, 1.54) is 0 Å². The number of benzene rings is 1. The van der Waals surface area contributed by atoms with Crippen LogP contribution in [0.25, 0.3) is 16.8 Å². The lowest BCUT2D eigenvalue weighted by atomic mass is 9.87. The zero-order valence-corrected chi connectivity index (χ0v) is 18.4. The molecular formula is C23H27N7O3. The number of carbonyl (C=O) groups excluding carboxylic acids is 2. The number of anilines is 2. The number of hydrogen-bond donors (Lipinski definition) is 4. The Morgan fingerprint density at radius 2 is 1.88 bits per heavy atom. The maximum absolute atomic E-state index is 12.2. The fourth-order valence-electron chi connectivity index (χ4n) is 5.25. The van der Waals surface area contributed by atoms with E-state index in [2.05, 4.69) is 15.7 Å². The first-order valence-electron chi connectivity index (χ1n) is 11.1. The number of carbonyl (C=O) groups is 2. The molecule has 2 fully saturated rings. The average Bonchev–Trinajstić information content (AvgIpc) is 3.37. The van der Waals surface area contributed by atoms with Crippen LogP contribution >= 0.6 is 0 Å². The molecule has 0 aliphatic carbocycles. The van der Waals surface area contributed by atoms with Crippen LogP contribution in [0.5, 0.6) is 0 Å². The SMILES string of the molecule is CNC(=O)Nc1ccc(-c2cnn3c(N)cc([C@@H]4C[C@H]5CC[C@@H](C4)N5C(=O)CO)nc23)cc1. The first-order chi connectivity index (χ1) is 16.0. The van der Waals surface area contributed by atoms with Crippen molar-refractivity contribution in [3.8, 4) is 11.1 Å². The van der Waals surface area contributed by atoms with Gasteiger partial charge in [0, 0.05) is 48.1 Å². The topological polar surface area (TPSA) is 138 Å². The van der Waals surface area contributed by atoms with Gasteiger partial charge in [0.1, 0.15) is 12.4 Å². The molecule has 0 unspecified atom stereocenters. The van der Waals surface area contributed by atoms with Crippen LogP contribution in [-0.2, 0) is 4.79 Å². The summed E-state index contributed by atoms with van der Waals surface area (Å²) in [6.45, 7) is -0.439. The van der Waals surface area contributed by atoms with E-state index in [1.807, 2.05) is 35.2 Å². The monoisotopic (exact) mass is 449 g/mol. The third kappa shape index (κ3) is 3.76. The highest BCUT2D eigenvalue weighted by Gasteiger charge is 2.43. The van der Waals surface area contributed by atoms with Gasteiger partial charge in [-0.25, -0.2) is 9.78 Å². The number of amides is 3. The van der Waals surface area contributed by atoms with E-state index < -0.39 is 6.61 Å². The largest absolute Gasteiger partial charge is 0.387 e. The van der Waals surface area contributed by atoms with E-state index >= 15 is 0 Å². The Hall–Kier alpha value is -3.66. The van der Waals surface area contributed by atoms with Gasteiger partial charge in [-0.1, -0.05) is 12.1 Å². The fourth-order valence-corrected chi connectivity index (χ4v) is 5.25. The molecule has 5 rings (SSSR count). The molecule has 10 nitrogen and oxygen atoms in total. The van der Waals surface area contributed by atoms with Crippen LogP contribution in [0.4, 0.5) is 16.3 Å². The quantitative estimate of drug-likeness (QED) is 0.480. The van der Waals surface area contributed by atoms with Gasteiger partial charge in [-0.15, -0.1) is 0 Å². The molecular weight excluding hydrogens is 422 g/mol. The van der Waals surface area contributed by atoms with Gasteiger partial charge < -0.3 is 26.4 Å².